The number of allylic oxidation sites excluding steroid dienone is 1. The standard InChI is InChI=1S/C20H32O3.CH4O/c1-13(12-18(22)23)11-17(21)20(5)15(3)9-10-19(4)14(2)7-6-8-16(19)20;1-2/h12,15-17,21H,2,6-11H2,1,3-5H3,(H,22,23);2H,1H3/b13-12+;/t15-,16+,17+,19+,20+;/m1./s1. The first kappa shape index (κ1) is 21.9. The monoisotopic (exact) mass is 352 g/mol. The summed E-state index contributed by atoms with van der Waals surface area (Å²) in [5.41, 5.74) is 2.01. The smallest absolute Gasteiger partial charge is 0.328 e. The van der Waals surface area contributed by atoms with Crippen molar-refractivity contribution in [3.05, 3.63) is 23.8 Å². The molecule has 0 unspecified atom stereocenters. The molecule has 4 nitrogen and oxygen atoms in total. The molecule has 2 saturated carbocycles. The van der Waals surface area contributed by atoms with Gasteiger partial charge < -0.3 is 15.3 Å². The van der Waals surface area contributed by atoms with Crippen LogP contribution in [0.3, 0.4) is 0 Å². The van der Waals surface area contributed by atoms with Crippen LogP contribution in [0.15, 0.2) is 23.8 Å². The van der Waals surface area contributed by atoms with E-state index in [-0.39, 0.29) is 10.8 Å². The van der Waals surface area contributed by atoms with Crippen LogP contribution in [0, 0.1) is 22.7 Å². The van der Waals surface area contributed by atoms with Crippen LogP contribution < -0.4 is 0 Å². The number of rotatable bonds is 4. The normalized spacial score (nSPS) is 36.8. The summed E-state index contributed by atoms with van der Waals surface area (Å²) in [6.07, 6.45) is 6.79. The van der Waals surface area contributed by atoms with E-state index in [1.165, 1.54) is 11.6 Å². The third-order valence-electron chi connectivity index (χ3n) is 7.06. The summed E-state index contributed by atoms with van der Waals surface area (Å²) in [6.45, 7) is 12.9. The van der Waals surface area contributed by atoms with Gasteiger partial charge in [-0.3, -0.25) is 0 Å². The van der Waals surface area contributed by atoms with Gasteiger partial charge in [0.15, 0.2) is 0 Å². The van der Waals surface area contributed by atoms with Crippen molar-refractivity contribution in [2.75, 3.05) is 7.11 Å². The molecule has 25 heavy (non-hydrogen) atoms. The average Bonchev–Trinajstić information content (AvgIpc) is 2.54. The molecule has 0 heterocycles. The topological polar surface area (TPSA) is 77.8 Å². The van der Waals surface area contributed by atoms with E-state index < -0.39 is 12.1 Å². The highest BCUT2D eigenvalue weighted by Crippen LogP contribution is 2.62. The average molecular weight is 353 g/mol. The molecular formula is C21H36O4. The Morgan fingerprint density at radius 2 is 1.96 bits per heavy atom. The lowest BCUT2D eigenvalue weighted by Gasteiger charge is -2.60. The molecule has 5 atom stereocenters. The predicted octanol–water partition coefficient (Wildman–Crippen LogP) is 4.18. The summed E-state index contributed by atoms with van der Waals surface area (Å²) < 4.78 is 0. The van der Waals surface area contributed by atoms with Crippen molar-refractivity contribution in [2.45, 2.75) is 72.3 Å². The van der Waals surface area contributed by atoms with Crippen molar-refractivity contribution in [3.8, 4) is 0 Å². The summed E-state index contributed by atoms with van der Waals surface area (Å²) >= 11 is 0. The van der Waals surface area contributed by atoms with Gasteiger partial charge in [-0.25, -0.2) is 4.79 Å². The van der Waals surface area contributed by atoms with Crippen LogP contribution in [-0.2, 0) is 4.79 Å². The van der Waals surface area contributed by atoms with Gasteiger partial charge in [-0.1, -0.05) is 38.5 Å². The maximum absolute atomic E-state index is 11.1. The lowest BCUT2D eigenvalue weighted by atomic mass is 9.45. The zero-order valence-electron chi connectivity index (χ0n) is 16.5. The van der Waals surface area contributed by atoms with Gasteiger partial charge in [-0.05, 0) is 68.1 Å². The van der Waals surface area contributed by atoms with Gasteiger partial charge in [0, 0.05) is 13.2 Å². The Labute approximate surface area is 152 Å². The Hall–Kier alpha value is -1.13. The van der Waals surface area contributed by atoms with E-state index in [4.69, 9.17) is 10.2 Å². The molecule has 0 bridgehead atoms. The second-order valence-electron chi connectivity index (χ2n) is 8.32. The number of carbonyl (C=O) groups is 1. The van der Waals surface area contributed by atoms with Crippen molar-refractivity contribution in [3.63, 3.8) is 0 Å². The first-order valence-corrected chi connectivity index (χ1v) is 9.33. The number of hydrogen-bond donors (Lipinski definition) is 3. The van der Waals surface area contributed by atoms with Gasteiger partial charge in [-0.2, -0.15) is 0 Å². The fraction of sp³-hybridized carbons (Fsp3) is 0.762. The molecule has 0 aromatic carbocycles. The molecular weight excluding hydrogens is 316 g/mol. The van der Waals surface area contributed by atoms with Crippen molar-refractivity contribution in [1.29, 1.82) is 0 Å². The molecule has 2 fully saturated rings. The fourth-order valence-corrected chi connectivity index (χ4v) is 5.24. The fourth-order valence-electron chi connectivity index (χ4n) is 5.24. The molecule has 0 aromatic rings. The van der Waals surface area contributed by atoms with Crippen LogP contribution in [0.1, 0.15) is 66.2 Å². The first-order chi connectivity index (χ1) is 11.6. The van der Waals surface area contributed by atoms with Crippen LogP contribution in [0.25, 0.3) is 0 Å². The largest absolute Gasteiger partial charge is 0.478 e. The number of carboxylic acids is 1. The predicted molar refractivity (Wildman–Crippen MR) is 101 cm³/mol. The van der Waals surface area contributed by atoms with Crippen molar-refractivity contribution in [2.24, 2.45) is 22.7 Å². The Balaban J connectivity index is 0.00000151. The molecule has 0 saturated heterocycles. The minimum Gasteiger partial charge on any atom is -0.478 e. The summed E-state index contributed by atoms with van der Waals surface area (Å²) in [6, 6.07) is 0. The van der Waals surface area contributed by atoms with Gasteiger partial charge in [-0.15, -0.1) is 0 Å². The summed E-state index contributed by atoms with van der Waals surface area (Å²) in [5.74, 6) is -0.0841. The van der Waals surface area contributed by atoms with Crippen LogP contribution in [0.4, 0.5) is 0 Å². The molecule has 0 radical (unpaired) electrons. The van der Waals surface area contributed by atoms with E-state index in [9.17, 15) is 9.90 Å². The van der Waals surface area contributed by atoms with E-state index in [1.807, 2.05) is 0 Å². The maximum Gasteiger partial charge on any atom is 0.328 e. The SMILES string of the molecule is C=C1CCC[C@@H]2[C@@](C)([C@@H](O)C/C(C)=C/C(=O)O)[C@H](C)CC[C@@]12C.CO. The van der Waals surface area contributed by atoms with Gasteiger partial charge >= 0.3 is 5.97 Å². The van der Waals surface area contributed by atoms with Crippen molar-refractivity contribution in [1.82, 2.24) is 0 Å². The molecule has 2 aliphatic carbocycles. The van der Waals surface area contributed by atoms with E-state index >= 15 is 0 Å². The lowest BCUT2D eigenvalue weighted by Crippen LogP contribution is -2.55. The molecule has 144 valence electrons. The number of aliphatic hydroxyl groups excluding tert-OH is 2. The van der Waals surface area contributed by atoms with Gasteiger partial charge in [0.1, 0.15) is 0 Å². The molecule has 2 aliphatic rings. The molecule has 0 aliphatic heterocycles. The zero-order chi connectivity index (χ0) is 19.4. The highest BCUT2D eigenvalue weighted by Gasteiger charge is 2.56. The first-order valence-electron chi connectivity index (χ1n) is 9.33. The Kier molecular flexibility index (Phi) is 7.45. The van der Waals surface area contributed by atoms with Crippen LogP contribution in [0.5, 0.6) is 0 Å². The van der Waals surface area contributed by atoms with Gasteiger partial charge in [0.2, 0.25) is 0 Å². The molecule has 3 N–H and O–H groups in total. The third kappa shape index (κ3) is 4.17. The van der Waals surface area contributed by atoms with Gasteiger partial charge in [0.25, 0.3) is 0 Å². The quantitative estimate of drug-likeness (QED) is 0.524. The highest BCUT2D eigenvalue weighted by atomic mass is 16.4. The Morgan fingerprint density at radius 3 is 2.52 bits per heavy atom. The lowest BCUT2D eigenvalue weighted by molar-refractivity contribution is -0.131. The highest BCUT2D eigenvalue weighted by molar-refractivity contribution is 5.80. The molecule has 0 amide bonds. The zero-order valence-corrected chi connectivity index (χ0v) is 16.5. The number of fused-ring (bicyclic) bond motifs is 1. The Morgan fingerprint density at radius 1 is 1.36 bits per heavy atom. The molecule has 4 heteroatoms. The number of aliphatic carboxylic acids is 1. The summed E-state index contributed by atoms with van der Waals surface area (Å²) in [7, 11) is 1.00. The minimum atomic E-state index is -0.938. The summed E-state index contributed by atoms with van der Waals surface area (Å²) in [5, 5.41) is 27.0. The van der Waals surface area contributed by atoms with Crippen LogP contribution in [-0.4, -0.2) is 34.5 Å². The van der Waals surface area contributed by atoms with E-state index in [2.05, 4.69) is 27.4 Å². The van der Waals surface area contributed by atoms with E-state index in [0.717, 1.165) is 44.8 Å². The molecule has 2 rings (SSSR count). The van der Waals surface area contributed by atoms with Crippen molar-refractivity contribution >= 4 is 5.97 Å². The van der Waals surface area contributed by atoms with E-state index in [0.29, 0.717) is 18.3 Å². The second-order valence-corrected chi connectivity index (χ2v) is 8.32. The third-order valence-corrected chi connectivity index (χ3v) is 7.06. The van der Waals surface area contributed by atoms with Gasteiger partial charge in [0.05, 0.1) is 6.10 Å². The van der Waals surface area contributed by atoms with Crippen molar-refractivity contribution < 1.29 is 20.1 Å². The minimum absolute atomic E-state index is 0.116. The number of hydrogen-bond acceptors (Lipinski definition) is 3. The number of aliphatic hydroxyl groups is 2. The van der Waals surface area contributed by atoms with Crippen LogP contribution in [0.2, 0.25) is 0 Å². The number of carboxylic acid groups (broad SMARTS) is 1. The second kappa shape index (κ2) is 8.50. The molecule has 0 aromatic heterocycles. The maximum atomic E-state index is 11.1. The van der Waals surface area contributed by atoms with Crippen LogP contribution >= 0.6 is 0 Å². The Bertz CT molecular complexity index is 524. The molecule has 0 spiro atoms. The van der Waals surface area contributed by atoms with E-state index in [1.54, 1.807) is 6.92 Å². The summed E-state index contributed by atoms with van der Waals surface area (Å²) in [4.78, 5) is 10.9.